The molecule has 0 bridgehead atoms. The smallest absolute Gasteiger partial charge is 0.303 e. The minimum Gasteiger partial charge on any atom is -0.463 e. The van der Waals surface area contributed by atoms with Crippen molar-refractivity contribution in [2.75, 3.05) is 125 Å². The minimum atomic E-state index is -1.44. The van der Waals surface area contributed by atoms with Gasteiger partial charge in [0.25, 0.3) is 0 Å². The van der Waals surface area contributed by atoms with E-state index in [2.05, 4.69) is 82.7 Å². The zero-order valence-electron chi connectivity index (χ0n) is 75.1. The first-order chi connectivity index (χ1) is 60.1. The van der Waals surface area contributed by atoms with E-state index in [1.54, 1.807) is 6.92 Å². The number of nitrogens with one attached hydrogen (secondary N) is 8. The molecule has 3 fully saturated rings. The van der Waals surface area contributed by atoms with Crippen LogP contribution in [0.2, 0.25) is 0 Å². The van der Waals surface area contributed by atoms with Crippen molar-refractivity contribution in [1.29, 1.82) is 0 Å². The normalized spacial score (nSPS) is 22.6. The lowest BCUT2D eigenvalue weighted by atomic mass is 9.96. The van der Waals surface area contributed by atoms with Crippen LogP contribution in [-0.2, 0) is 176 Å². The van der Waals surface area contributed by atoms with Crippen LogP contribution in [0.15, 0.2) is 12.3 Å². The molecule has 3 aliphatic rings. The number of carbonyl (C=O) groups excluding carboxylic acids is 16. The van der Waals surface area contributed by atoms with Crippen molar-refractivity contribution < 1.29 is 176 Å². The van der Waals surface area contributed by atoms with Gasteiger partial charge in [-0.1, -0.05) is 34.3 Å². The van der Waals surface area contributed by atoms with E-state index < -0.39 is 234 Å². The maximum Gasteiger partial charge on any atom is 0.303 e. The summed E-state index contributed by atoms with van der Waals surface area (Å²) in [4.78, 5) is 204. The van der Waals surface area contributed by atoms with Crippen molar-refractivity contribution >= 4 is 103 Å². The second-order valence-electron chi connectivity index (χ2n) is 29.8. The molecule has 720 valence electrons. The third-order valence-electron chi connectivity index (χ3n) is 18.1. The number of allylic oxidation sites excluding steroid dienone is 1. The molecule has 0 aromatic rings. The van der Waals surface area contributed by atoms with Crippen molar-refractivity contribution in [2.45, 2.75) is 259 Å². The van der Waals surface area contributed by atoms with Crippen LogP contribution in [-0.4, -0.2) is 330 Å². The minimum absolute atomic E-state index is 0.0626. The van der Waals surface area contributed by atoms with Crippen LogP contribution >= 0.6 is 8.38 Å². The highest BCUT2D eigenvalue weighted by atomic mass is 31.2. The Morgan fingerprint density at radius 3 is 1.02 bits per heavy atom. The van der Waals surface area contributed by atoms with Crippen molar-refractivity contribution in [3.63, 3.8) is 0 Å². The number of hydrogen-bond acceptors (Lipinski definition) is 38. The monoisotopic (exact) mass is 1840 g/mol. The van der Waals surface area contributed by atoms with Gasteiger partial charge in [0.2, 0.25) is 41.4 Å². The molecule has 18 atom stereocenters. The zero-order valence-corrected chi connectivity index (χ0v) is 76.0. The van der Waals surface area contributed by atoms with Crippen molar-refractivity contribution in [1.82, 2.24) is 42.5 Å². The SMILES string of the molecule is C#CCCOP(OCCOCCC(=O)NC(CCC(=O)NC(CCC(=O)NCCOCCOC1OC(COC(C)=O)C(OC(C)=O)C(OC(C)=O)C1NC(C)=O)C(=O)NCCOCCOC1OC(COC(C)=O)C(OC(C)=O)C(OC(C)=O)C1NC(=C)C)C(=O)NCCOCCOC1OC(COC(C)=O)C(OC(C)=O)C(OC(C)=O)C1NC(C)=O)C(C(C)C)C(C)C. The molecule has 7 amide bonds. The number of amides is 7. The van der Waals surface area contributed by atoms with Crippen LogP contribution in [0.25, 0.3) is 0 Å². The molecular formula is C81H129N8O37P. The summed E-state index contributed by atoms with van der Waals surface area (Å²) in [5.41, 5.74) is 0.446. The lowest BCUT2D eigenvalue weighted by Crippen LogP contribution is -2.66. The van der Waals surface area contributed by atoms with E-state index in [9.17, 15) is 76.7 Å². The van der Waals surface area contributed by atoms with E-state index in [4.69, 9.17) is 105 Å². The standard InChI is InChI=1S/C81H129N8O37P/c1-19-20-29-116-127(76(45(2)3)46(4)5)117-41-37-106-30-25-66(103)89-60(78(105)84-28-33-109-36-40-112-81-69(87-49(9)91)75(123-58(18)100)72(120-55(15)97)63(126-81)44-115-52(12)94)22-24-65(102)88-59(77(104)83-27-32-108-35-38-110-79-67(85-47(6)7)73(121-56(16)98)70(118-53(13)95)61(124-79)42-113-50(10)92)21-23-64(101)82-26-31-107-34-39-111-80-68(86-48(8)90)74(122-57(17)99)71(119-54(14)96)62(125-80)43-114-51(11)93/h1,45-46,59-63,67-76,79-81,85H,6,20-44H2,2-5,7-18H3,(H,82,101)(H,83,104)(H,84,105)(H,86,90)(H,87,91)(H,88,102)(H,89,103). The molecule has 0 aromatic carbocycles. The van der Waals surface area contributed by atoms with Gasteiger partial charge in [-0.3, -0.25) is 76.7 Å². The molecule has 3 aliphatic heterocycles. The number of rotatable bonds is 60. The summed E-state index contributed by atoms with van der Waals surface area (Å²) in [5, 5.41) is 21.5. The average Bonchev–Trinajstić information content (AvgIpc) is 0.795. The van der Waals surface area contributed by atoms with Gasteiger partial charge in [0.05, 0.1) is 85.9 Å². The molecule has 3 saturated heterocycles. The quantitative estimate of drug-likeness (QED) is 0.0124. The first-order valence-corrected chi connectivity index (χ1v) is 42.8. The summed E-state index contributed by atoms with van der Waals surface area (Å²) in [6.45, 7) is 22.9. The van der Waals surface area contributed by atoms with E-state index in [0.717, 1.165) is 62.3 Å². The molecule has 46 heteroatoms. The highest BCUT2D eigenvalue weighted by Gasteiger charge is 2.54. The summed E-state index contributed by atoms with van der Waals surface area (Å²) in [6.07, 6.45) is -11.8. The molecule has 0 saturated carbocycles. The fourth-order valence-electron chi connectivity index (χ4n) is 13.2. The van der Waals surface area contributed by atoms with Gasteiger partial charge < -0.3 is 142 Å². The van der Waals surface area contributed by atoms with Gasteiger partial charge in [-0.25, -0.2) is 0 Å². The van der Waals surface area contributed by atoms with Gasteiger partial charge in [0, 0.05) is 133 Å². The molecule has 18 unspecified atom stereocenters. The predicted octanol–water partition coefficient (Wildman–Crippen LogP) is -0.624. The number of ether oxygens (including phenoxy) is 19. The largest absolute Gasteiger partial charge is 0.463 e. The summed E-state index contributed by atoms with van der Waals surface area (Å²) >= 11 is 0. The average molecular weight is 1840 g/mol. The molecular weight excluding hydrogens is 1710 g/mol. The molecule has 0 spiro atoms. The Balaban J connectivity index is 1.87. The van der Waals surface area contributed by atoms with Gasteiger partial charge in [-0.05, 0) is 31.6 Å². The molecule has 45 nitrogen and oxygen atoms in total. The third kappa shape index (κ3) is 45.4. The second kappa shape index (κ2) is 61.1. The first-order valence-electron chi connectivity index (χ1n) is 41.5. The lowest BCUT2D eigenvalue weighted by molar-refractivity contribution is -0.279. The van der Waals surface area contributed by atoms with Gasteiger partial charge in [0.1, 0.15) is 68.3 Å². The van der Waals surface area contributed by atoms with E-state index in [0.29, 0.717) is 18.7 Å². The molecule has 0 radical (unpaired) electrons. The van der Waals surface area contributed by atoms with Crippen LogP contribution in [0.1, 0.15) is 149 Å². The van der Waals surface area contributed by atoms with Gasteiger partial charge >= 0.3 is 53.7 Å². The Morgan fingerprint density at radius 1 is 0.370 bits per heavy atom. The van der Waals surface area contributed by atoms with Crippen LogP contribution in [0.3, 0.4) is 0 Å². The second-order valence-corrected chi connectivity index (χ2v) is 31.5. The molecule has 0 aliphatic carbocycles. The highest BCUT2D eigenvalue weighted by molar-refractivity contribution is 7.48. The van der Waals surface area contributed by atoms with E-state index in [-0.39, 0.29) is 142 Å². The van der Waals surface area contributed by atoms with Crippen LogP contribution in [0, 0.1) is 24.2 Å². The molecule has 127 heavy (non-hydrogen) atoms. The Hall–Kier alpha value is -9.43. The zero-order chi connectivity index (χ0) is 94.8. The summed E-state index contributed by atoms with van der Waals surface area (Å²) in [5.74, 6) is -8.77. The Kier molecular flexibility index (Phi) is 53.8. The Morgan fingerprint density at radius 2 is 0.685 bits per heavy atom. The molecule has 8 N–H and O–H groups in total. The van der Waals surface area contributed by atoms with Gasteiger partial charge in [0.15, 0.2) is 63.9 Å². The molecule has 0 aromatic heterocycles. The highest BCUT2D eigenvalue weighted by Crippen LogP contribution is 2.50. The van der Waals surface area contributed by atoms with E-state index in [1.807, 2.05) is 0 Å². The number of hydrogen-bond donors (Lipinski definition) is 8. The topological polar surface area (TPSA) is 563 Å². The summed E-state index contributed by atoms with van der Waals surface area (Å²) in [7, 11) is -1.38. The lowest BCUT2D eigenvalue weighted by Gasteiger charge is -2.45. The fourth-order valence-corrected chi connectivity index (χ4v) is 15.1. The Labute approximate surface area is 739 Å². The van der Waals surface area contributed by atoms with E-state index in [1.165, 1.54) is 13.8 Å². The summed E-state index contributed by atoms with van der Waals surface area (Å²) < 4.78 is 120. The first kappa shape index (κ1) is 112. The van der Waals surface area contributed by atoms with Crippen LogP contribution in [0.4, 0.5) is 0 Å². The van der Waals surface area contributed by atoms with Crippen LogP contribution in [0.5, 0.6) is 0 Å². The maximum absolute atomic E-state index is 14.2. The summed E-state index contributed by atoms with van der Waals surface area (Å²) in [6, 6.07) is -6.42. The van der Waals surface area contributed by atoms with Crippen LogP contribution < -0.4 is 42.5 Å². The van der Waals surface area contributed by atoms with Gasteiger partial charge in [-0.2, -0.15) is 0 Å². The third-order valence-corrected chi connectivity index (χ3v) is 20.6. The van der Waals surface area contributed by atoms with Gasteiger partial charge in [-0.15, -0.1) is 12.3 Å². The van der Waals surface area contributed by atoms with Crippen molar-refractivity contribution in [2.24, 2.45) is 11.8 Å². The fraction of sp³-hybridized carbons (Fsp3) is 0.753. The molecule has 3 heterocycles. The number of carbonyl (C=O) groups is 16. The maximum atomic E-state index is 14.2. The number of esters is 9. The van der Waals surface area contributed by atoms with Crippen molar-refractivity contribution in [3.05, 3.63) is 12.3 Å². The number of terminal acetylenes is 1. The Bertz CT molecular complexity index is 3580. The molecule has 3 rings (SSSR count). The predicted molar refractivity (Wildman–Crippen MR) is 439 cm³/mol. The van der Waals surface area contributed by atoms with Crippen molar-refractivity contribution in [3.8, 4) is 12.3 Å². The van der Waals surface area contributed by atoms with E-state index >= 15 is 0 Å².